The number of carbonyl (C=O) groups is 1. The Balaban J connectivity index is 1.32. The fourth-order valence-electron chi connectivity index (χ4n) is 4.95. The van der Waals surface area contributed by atoms with Gasteiger partial charge in [-0.3, -0.25) is 9.48 Å². The summed E-state index contributed by atoms with van der Waals surface area (Å²) in [5.74, 6) is -2.28. The van der Waals surface area contributed by atoms with Gasteiger partial charge in [-0.2, -0.15) is 18.3 Å². The van der Waals surface area contributed by atoms with Gasteiger partial charge in [-0.25, -0.2) is 8.78 Å². The van der Waals surface area contributed by atoms with Crippen molar-refractivity contribution in [3.63, 3.8) is 0 Å². The molecule has 2 aromatic carbocycles. The lowest BCUT2D eigenvalue weighted by Crippen LogP contribution is -2.63. The molecule has 5 nitrogen and oxygen atoms in total. The van der Waals surface area contributed by atoms with Crippen molar-refractivity contribution in [3.8, 4) is 17.0 Å². The number of hydrogen-bond acceptors (Lipinski definition) is 3. The van der Waals surface area contributed by atoms with E-state index < -0.39 is 35.0 Å². The van der Waals surface area contributed by atoms with Crippen LogP contribution in [0.2, 0.25) is 0 Å². The van der Waals surface area contributed by atoms with E-state index in [0.29, 0.717) is 31.5 Å². The Bertz CT molecular complexity index is 1290. The SMILES string of the molecule is Cc1ccc(F)c(-c2nn(C3CC4(C3)CN(C(=O)c3cc(O)ccc3F)C4)cc2C(F)(F)F)c1. The van der Waals surface area contributed by atoms with E-state index in [1.165, 1.54) is 21.7 Å². The molecule has 0 unspecified atom stereocenters. The summed E-state index contributed by atoms with van der Waals surface area (Å²) in [5.41, 5.74) is -1.52. The molecule has 1 saturated carbocycles. The van der Waals surface area contributed by atoms with Crippen LogP contribution in [-0.4, -0.2) is 38.8 Å². The summed E-state index contributed by atoms with van der Waals surface area (Å²) >= 11 is 0. The van der Waals surface area contributed by atoms with Gasteiger partial charge in [0.05, 0.1) is 11.6 Å². The maximum atomic E-state index is 14.3. The average molecular weight is 477 g/mol. The van der Waals surface area contributed by atoms with Crippen molar-refractivity contribution >= 4 is 5.91 Å². The van der Waals surface area contributed by atoms with Crippen LogP contribution in [0.15, 0.2) is 42.6 Å². The fourth-order valence-corrected chi connectivity index (χ4v) is 4.95. The minimum absolute atomic E-state index is 0.200. The van der Waals surface area contributed by atoms with Crippen molar-refractivity contribution in [2.24, 2.45) is 5.41 Å². The molecular formula is C24H20F5N3O2. The van der Waals surface area contributed by atoms with Crippen molar-refractivity contribution in [1.82, 2.24) is 14.7 Å². The van der Waals surface area contributed by atoms with E-state index in [9.17, 15) is 31.9 Å². The second-order valence-electron chi connectivity index (χ2n) is 9.24. The number of carbonyl (C=O) groups excluding carboxylic acids is 1. The first-order valence-electron chi connectivity index (χ1n) is 10.7. The molecule has 1 spiro atoms. The third kappa shape index (κ3) is 3.70. The molecule has 34 heavy (non-hydrogen) atoms. The molecule has 2 fully saturated rings. The third-order valence-corrected chi connectivity index (χ3v) is 6.65. The zero-order valence-corrected chi connectivity index (χ0v) is 18.0. The summed E-state index contributed by atoms with van der Waals surface area (Å²) in [6.45, 7) is 2.34. The molecule has 1 aromatic heterocycles. The summed E-state index contributed by atoms with van der Waals surface area (Å²) in [6, 6.07) is 6.86. The first-order chi connectivity index (χ1) is 16.0. The monoisotopic (exact) mass is 477 g/mol. The minimum Gasteiger partial charge on any atom is -0.508 e. The molecule has 1 aliphatic heterocycles. The molecule has 1 aliphatic carbocycles. The van der Waals surface area contributed by atoms with Crippen molar-refractivity contribution in [3.05, 3.63) is 70.9 Å². The standard InChI is InChI=1S/C24H20F5N3O2/c1-13-2-4-19(25)16(6-13)21-18(24(27,28)29)10-32(30-21)14-8-23(9-14)11-31(12-23)22(34)17-7-15(33)3-5-20(17)26/h2-7,10,14,33H,8-9,11-12H2,1H3. The number of aromatic nitrogens is 2. The van der Waals surface area contributed by atoms with Gasteiger partial charge in [-0.05, 0) is 50.1 Å². The van der Waals surface area contributed by atoms with Gasteiger partial charge in [0.1, 0.15) is 28.6 Å². The molecule has 0 radical (unpaired) electrons. The molecular weight excluding hydrogens is 457 g/mol. The summed E-state index contributed by atoms with van der Waals surface area (Å²) in [6.07, 6.45) is -2.80. The Kier molecular flexibility index (Phi) is 4.96. The molecule has 178 valence electrons. The molecule has 1 saturated heterocycles. The zero-order valence-electron chi connectivity index (χ0n) is 18.0. The normalized spacial score (nSPS) is 17.5. The lowest BCUT2D eigenvalue weighted by atomic mass is 9.60. The Labute approximate surface area is 191 Å². The van der Waals surface area contributed by atoms with Gasteiger partial charge in [0.2, 0.25) is 0 Å². The van der Waals surface area contributed by atoms with Crippen LogP contribution in [0.5, 0.6) is 5.75 Å². The van der Waals surface area contributed by atoms with E-state index in [0.717, 1.165) is 30.5 Å². The maximum absolute atomic E-state index is 14.3. The van der Waals surface area contributed by atoms with Crippen LogP contribution in [0.1, 0.15) is 40.4 Å². The van der Waals surface area contributed by atoms with E-state index in [4.69, 9.17) is 0 Å². The second-order valence-corrected chi connectivity index (χ2v) is 9.24. The largest absolute Gasteiger partial charge is 0.508 e. The maximum Gasteiger partial charge on any atom is 0.420 e. The topological polar surface area (TPSA) is 58.4 Å². The van der Waals surface area contributed by atoms with Crippen LogP contribution in [-0.2, 0) is 6.18 Å². The highest BCUT2D eigenvalue weighted by molar-refractivity contribution is 5.95. The smallest absolute Gasteiger partial charge is 0.420 e. The van der Waals surface area contributed by atoms with E-state index >= 15 is 0 Å². The summed E-state index contributed by atoms with van der Waals surface area (Å²) in [5, 5.41) is 13.6. The number of likely N-dealkylation sites (tertiary alicyclic amines) is 1. The van der Waals surface area contributed by atoms with Crippen LogP contribution in [0, 0.1) is 24.0 Å². The summed E-state index contributed by atoms with van der Waals surface area (Å²) < 4.78 is 70.6. The number of halogens is 5. The van der Waals surface area contributed by atoms with Gasteiger partial charge in [0, 0.05) is 30.3 Å². The number of nitrogens with zero attached hydrogens (tertiary/aromatic N) is 3. The number of phenols is 1. The van der Waals surface area contributed by atoms with E-state index in [1.54, 1.807) is 6.92 Å². The zero-order chi connectivity index (χ0) is 24.4. The number of aromatic hydroxyl groups is 1. The highest BCUT2D eigenvalue weighted by Crippen LogP contribution is 2.55. The van der Waals surface area contributed by atoms with E-state index in [1.807, 2.05) is 0 Å². The lowest BCUT2D eigenvalue weighted by Gasteiger charge is -2.58. The highest BCUT2D eigenvalue weighted by atomic mass is 19.4. The second kappa shape index (κ2) is 7.54. The van der Waals surface area contributed by atoms with Crippen LogP contribution >= 0.6 is 0 Å². The van der Waals surface area contributed by atoms with Crippen molar-refractivity contribution < 1.29 is 31.9 Å². The van der Waals surface area contributed by atoms with E-state index in [-0.39, 0.29) is 28.3 Å². The van der Waals surface area contributed by atoms with Gasteiger partial charge in [-0.1, -0.05) is 11.6 Å². The fraction of sp³-hybridized carbons (Fsp3) is 0.333. The van der Waals surface area contributed by atoms with Gasteiger partial charge < -0.3 is 10.0 Å². The van der Waals surface area contributed by atoms with Gasteiger partial charge >= 0.3 is 6.18 Å². The first kappa shape index (κ1) is 22.4. The number of aryl methyl sites for hydroxylation is 1. The molecule has 3 aromatic rings. The molecule has 0 atom stereocenters. The Morgan fingerprint density at radius 3 is 2.44 bits per heavy atom. The van der Waals surface area contributed by atoms with Gasteiger partial charge in [0.25, 0.3) is 5.91 Å². The predicted molar refractivity (Wildman–Crippen MR) is 112 cm³/mol. The Morgan fingerprint density at radius 2 is 1.76 bits per heavy atom. The average Bonchev–Trinajstić information content (AvgIpc) is 3.14. The molecule has 0 bridgehead atoms. The number of phenolic OH excluding ortho intramolecular Hbond substituents is 1. The van der Waals surface area contributed by atoms with Crippen molar-refractivity contribution in [2.45, 2.75) is 32.0 Å². The highest BCUT2D eigenvalue weighted by Gasteiger charge is 2.55. The third-order valence-electron chi connectivity index (χ3n) is 6.65. The predicted octanol–water partition coefficient (Wildman–Crippen LogP) is 5.34. The lowest BCUT2D eigenvalue weighted by molar-refractivity contribution is -0.137. The van der Waals surface area contributed by atoms with Crippen LogP contribution < -0.4 is 0 Å². The van der Waals surface area contributed by atoms with Gasteiger partial charge in [-0.15, -0.1) is 0 Å². The van der Waals surface area contributed by atoms with Crippen molar-refractivity contribution in [1.29, 1.82) is 0 Å². The van der Waals surface area contributed by atoms with Crippen LogP contribution in [0.25, 0.3) is 11.3 Å². The molecule has 2 aliphatic rings. The number of benzene rings is 2. The Hall–Kier alpha value is -3.43. The number of amides is 1. The molecule has 1 N–H and O–H groups in total. The summed E-state index contributed by atoms with van der Waals surface area (Å²) in [7, 11) is 0. The quantitative estimate of drug-likeness (QED) is 0.519. The molecule has 10 heteroatoms. The molecule has 5 rings (SSSR count). The van der Waals surface area contributed by atoms with Crippen molar-refractivity contribution in [2.75, 3.05) is 13.1 Å². The molecule has 1 amide bonds. The molecule has 2 heterocycles. The van der Waals surface area contributed by atoms with Gasteiger partial charge in [0.15, 0.2) is 0 Å². The van der Waals surface area contributed by atoms with Crippen LogP contribution in [0.3, 0.4) is 0 Å². The minimum atomic E-state index is -4.70. The Morgan fingerprint density at radius 1 is 1.09 bits per heavy atom. The summed E-state index contributed by atoms with van der Waals surface area (Å²) in [4.78, 5) is 14.0. The van der Waals surface area contributed by atoms with Crippen LogP contribution in [0.4, 0.5) is 22.0 Å². The number of alkyl halides is 3. The van der Waals surface area contributed by atoms with E-state index in [2.05, 4.69) is 5.10 Å². The number of rotatable bonds is 3. The first-order valence-corrected chi connectivity index (χ1v) is 10.7. The number of hydrogen-bond donors (Lipinski definition) is 1.